The SMILES string of the molecule is C=c1c(=C(C)C)oc(=O)n1C1CC(O)C(C#N)CC1C. The molecule has 0 bridgehead atoms. The van der Waals surface area contributed by atoms with Gasteiger partial charge in [0.15, 0.2) is 5.42 Å². The molecule has 1 aliphatic carbocycles. The summed E-state index contributed by atoms with van der Waals surface area (Å²) in [6, 6.07) is 1.95. The van der Waals surface area contributed by atoms with Crippen LogP contribution in [0.2, 0.25) is 0 Å². The molecule has 1 fully saturated rings. The van der Waals surface area contributed by atoms with Crippen molar-refractivity contribution in [2.24, 2.45) is 11.8 Å². The topological polar surface area (TPSA) is 79.2 Å². The van der Waals surface area contributed by atoms with Gasteiger partial charge in [-0.3, -0.25) is 4.57 Å². The number of nitrogens with zero attached hydrogens (tertiary/aromatic N) is 2. The Morgan fingerprint density at radius 2 is 2.15 bits per heavy atom. The number of aliphatic hydroxyl groups is 1. The minimum atomic E-state index is -0.711. The third-order valence-corrected chi connectivity index (χ3v) is 4.12. The Hall–Kier alpha value is -1.80. The van der Waals surface area contributed by atoms with E-state index in [4.69, 9.17) is 9.68 Å². The molecule has 0 spiro atoms. The van der Waals surface area contributed by atoms with Crippen LogP contribution < -0.4 is 16.5 Å². The van der Waals surface area contributed by atoms with E-state index in [9.17, 15) is 9.90 Å². The van der Waals surface area contributed by atoms with Crippen LogP contribution in [0.5, 0.6) is 0 Å². The van der Waals surface area contributed by atoms with Gasteiger partial charge in [-0.05, 0) is 38.2 Å². The highest BCUT2D eigenvalue weighted by molar-refractivity contribution is 5.34. The van der Waals surface area contributed by atoms with Gasteiger partial charge in [0.2, 0.25) is 0 Å². The molecule has 5 heteroatoms. The molecular formula is C15H20N2O3. The van der Waals surface area contributed by atoms with Crippen molar-refractivity contribution in [3.05, 3.63) is 21.3 Å². The van der Waals surface area contributed by atoms with Gasteiger partial charge in [0.25, 0.3) is 0 Å². The fourth-order valence-corrected chi connectivity index (χ4v) is 3.00. The number of nitriles is 1. The summed E-state index contributed by atoms with van der Waals surface area (Å²) < 4.78 is 6.79. The highest BCUT2D eigenvalue weighted by atomic mass is 16.4. The van der Waals surface area contributed by atoms with Crippen LogP contribution in [-0.4, -0.2) is 15.8 Å². The molecule has 1 aliphatic rings. The average molecular weight is 276 g/mol. The largest absolute Gasteiger partial charge is 0.420 e. The lowest BCUT2D eigenvalue weighted by atomic mass is 9.77. The van der Waals surface area contributed by atoms with E-state index in [2.05, 4.69) is 12.6 Å². The molecule has 4 atom stereocenters. The van der Waals surface area contributed by atoms with Crippen LogP contribution in [0, 0.1) is 23.2 Å². The summed E-state index contributed by atoms with van der Waals surface area (Å²) in [5.41, 5.74) is 1.41. The van der Waals surface area contributed by atoms with Gasteiger partial charge in [-0.25, -0.2) is 4.79 Å². The first kappa shape index (κ1) is 14.6. The number of hydrogen-bond donors (Lipinski definition) is 1. The van der Waals surface area contributed by atoms with Gasteiger partial charge in [0.05, 0.1) is 23.4 Å². The third-order valence-electron chi connectivity index (χ3n) is 4.12. The van der Waals surface area contributed by atoms with Gasteiger partial charge < -0.3 is 9.52 Å². The smallest absolute Gasteiger partial charge is 0.408 e. The standard InChI is InChI=1S/C15H20N2O3/c1-8(2)14-10(4)17(15(19)20-14)12-6-13(18)11(7-16)5-9(12)3/h9,11-13,18H,4-6H2,1-3H3. The Balaban J connectivity index is 2.49. The number of aromatic nitrogens is 1. The fourth-order valence-electron chi connectivity index (χ4n) is 3.00. The maximum Gasteiger partial charge on any atom is 0.420 e. The van der Waals surface area contributed by atoms with Crippen LogP contribution >= 0.6 is 0 Å². The Labute approximate surface area is 117 Å². The van der Waals surface area contributed by atoms with E-state index in [0.29, 0.717) is 23.6 Å². The van der Waals surface area contributed by atoms with Crippen LogP contribution in [-0.2, 0) is 0 Å². The highest BCUT2D eigenvalue weighted by Crippen LogP contribution is 2.35. The zero-order valence-electron chi connectivity index (χ0n) is 12.1. The molecule has 0 aliphatic heterocycles. The van der Waals surface area contributed by atoms with Crippen molar-refractivity contribution in [3.63, 3.8) is 0 Å². The molecule has 0 aromatic carbocycles. The lowest BCUT2D eigenvalue weighted by Gasteiger charge is -2.34. The predicted molar refractivity (Wildman–Crippen MR) is 75.0 cm³/mol. The summed E-state index contributed by atoms with van der Waals surface area (Å²) in [7, 11) is 0. The second-order valence-electron chi connectivity index (χ2n) is 5.83. The van der Waals surface area contributed by atoms with Gasteiger partial charge in [0.1, 0.15) is 0 Å². The quantitative estimate of drug-likeness (QED) is 0.810. The first-order chi connectivity index (χ1) is 9.36. The van der Waals surface area contributed by atoms with E-state index in [-0.39, 0.29) is 17.9 Å². The van der Waals surface area contributed by atoms with E-state index in [1.165, 1.54) is 4.57 Å². The van der Waals surface area contributed by atoms with E-state index >= 15 is 0 Å². The van der Waals surface area contributed by atoms with E-state index in [0.717, 1.165) is 5.57 Å². The van der Waals surface area contributed by atoms with Crippen LogP contribution in [0.15, 0.2) is 9.21 Å². The monoisotopic (exact) mass is 276 g/mol. The molecule has 0 amide bonds. The van der Waals surface area contributed by atoms with Crippen LogP contribution in [0.3, 0.4) is 0 Å². The van der Waals surface area contributed by atoms with Gasteiger partial charge in [0, 0.05) is 6.04 Å². The van der Waals surface area contributed by atoms with Crippen molar-refractivity contribution in [1.82, 2.24) is 4.57 Å². The molecule has 20 heavy (non-hydrogen) atoms. The molecule has 1 aromatic heterocycles. The van der Waals surface area contributed by atoms with E-state index in [1.807, 2.05) is 20.8 Å². The van der Waals surface area contributed by atoms with Crippen LogP contribution in [0.25, 0.3) is 12.2 Å². The fraction of sp³-hybridized carbons (Fsp3) is 0.600. The van der Waals surface area contributed by atoms with Crippen LogP contribution in [0.4, 0.5) is 0 Å². The third kappa shape index (κ3) is 2.32. The maximum absolute atomic E-state index is 12.1. The first-order valence-corrected chi connectivity index (χ1v) is 6.82. The van der Waals surface area contributed by atoms with Crippen molar-refractivity contribution < 1.29 is 9.52 Å². The summed E-state index contributed by atoms with van der Waals surface area (Å²) in [6.45, 7) is 9.65. The normalized spacial score (nSPS) is 29.9. The summed E-state index contributed by atoms with van der Waals surface area (Å²) in [6.07, 6.45) is 0.241. The number of rotatable bonds is 1. The summed E-state index contributed by atoms with van der Waals surface area (Å²) in [5, 5.41) is 19.6. The molecule has 4 unspecified atom stereocenters. The lowest BCUT2D eigenvalue weighted by Crippen LogP contribution is -2.43. The Morgan fingerprint density at radius 1 is 1.50 bits per heavy atom. The maximum atomic E-state index is 12.1. The number of aliphatic hydroxyl groups excluding tert-OH is 1. The molecule has 0 radical (unpaired) electrons. The molecule has 0 saturated heterocycles. The van der Waals surface area contributed by atoms with Crippen LogP contribution in [0.1, 0.15) is 39.7 Å². The second kappa shape index (κ2) is 5.29. The molecule has 5 nitrogen and oxygen atoms in total. The lowest BCUT2D eigenvalue weighted by molar-refractivity contribution is 0.0439. The van der Waals surface area contributed by atoms with Crippen molar-refractivity contribution >= 4 is 12.2 Å². The average Bonchev–Trinajstić information content (AvgIpc) is 2.67. The molecule has 1 heterocycles. The zero-order chi connectivity index (χ0) is 15.0. The van der Waals surface area contributed by atoms with Gasteiger partial charge in [-0.1, -0.05) is 13.5 Å². The van der Waals surface area contributed by atoms with Crippen molar-refractivity contribution in [2.45, 2.75) is 45.8 Å². The van der Waals surface area contributed by atoms with Crippen molar-refractivity contribution in [1.29, 1.82) is 5.26 Å². The summed E-state index contributed by atoms with van der Waals surface area (Å²) in [5.74, 6) is -0.689. The molecule has 1 aromatic rings. The molecule has 1 saturated carbocycles. The second-order valence-corrected chi connectivity index (χ2v) is 5.83. The molecular weight excluding hydrogens is 256 g/mol. The van der Waals surface area contributed by atoms with E-state index < -0.39 is 11.9 Å². The number of oxazole rings is 1. The molecule has 108 valence electrons. The Morgan fingerprint density at radius 3 is 2.65 bits per heavy atom. The summed E-state index contributed by atoms with van der Waals surface area (Å²) >= 11 is 0. The Bertz CT molecular complexity index is 703. The van der Waals surface area contributed by atoms with Gasteiger partial charge in [-0.2, -0.15) is 5.26 Å². The molecule has 2 rings (SSSR count). The minimum absolute atomic E-state index is 0.115. The zero-order valence-corrected chi connectivity index (χ0v) is 12.1. The molecule has 1 N–H and O–H groups in total. The Kier molecular flexibility index (Phi) is 3.87. The first-order valence-electron chi connectivity index (χ1n) is 6.82. The predicted octanol–water partition coefficient (Wildman–Crippen LogP) is 0.514. The van der Waals surface area contributed by atoms with Gasteiger partial charge >= 0.3 is 5.76 Å². The summed E-state index contributed by atoms with van der Waals surface area (Å²) in [4.78, 5) is 12.1. The van der Waals surface area contributed by atoms with E-state index in [1.54, 1.807) is 0 Å². The van der Waals surface area contributed by atoms with Crippen molar-refractivity contribution in [2.75, 3.05) is 0 Å². The minimum Gasteiger partial charge on any atom is -0.408 e. The van der Waals surface area contributed by atoms with Crippen molar-refractivity contribution in [3.8, 4) is 6.07 Å². The highest BCUT2D eigenvalue weighted by Gasteiger charge is 2.36. The van der Waals surface area contributed by atoms with Gasteiger partial charge in [-0.15, -0.1) is 0 Å². The number of hydrogen-bond acceptors (Lipinski definition) is 4.